The van der Waals surface area contributed by atoms with E-state index in [-0.39, 0.29) is 16.5 Å². The van der Waals surface area contributed by atoms with Gasteiger partial charge in [-0.15, -0.1) is 0 Å². The number of carbonyl (C=O) groups excluding carboxylic acids is 1. The van der Waals surface area contributed by atoms with Crippen molar-refractivity contribution in [3.8, 4) is 5.75 Å². The lowest BCUT2D eigenvalue weighted by atomic mass is 10.2. The summed E-state index contributed by atoms with van der Waals surface area (Å²) < 4.78 is 70.6. The zero-order valence-corrected chi connectivity index (χ0v) is 15.4. The van der Waals surface area contributed by atoms with Crippen LogP contribution in [-0.2, 0) is 21.0 Å². The maximum Gasteiger partial charge on any atom is 0.416 e. The average molecular weight is 423 g/mol. The molecule has 0 radical (unpaired) electrons. The monoisotopic (exact) mass is 422 g/mol. The fourth-order valence-corrected chi connectivity index (χ4v) is 3.76. The molecule has 0 aromatic heterocycles. The quantitative estimate of drug-likeness (QED) is 0.745. The highest BCUT2D eigenvalue weighted by molar-refractivity contribution is 7.92. The molecule has 2 aromatic carbocycles. The number of aryl methyl sites for hydroxylation is 1. The number of halogens is 4. The van der Waals surface area contributed by atoms with Crippen LogP contribution < -0.4 is 15.2 Å². The second-order valence-electron chi connectivity index (χ2n) is 5.49. The van der Waals surface area contributed by atoms with Crippen molar-refractivity contribution in [2.75, 3.05) is 11.3 Å². The molecule has 27 heavy (non-hydrogen) atoms. The molecule has 1 amide bonds. The van der Waals surface area contributed by atoms with E-state index in [0.29, 0.717) is 11.6 Å². The molecule has 2 rings (SSSR count). The minimum Gasteiger partial charge on any atom is -0.483 e. The number of anilines is 1. The molecule has 0 unspecified atom stereocenters. The first-order chi connectivity index (χ1) is 12.4. The van der Waals surface area contributed by atoms with Crippen LogP contribution in [0.3, 0.4) is 0 Å². The summed E-state index contributed by atoms with van der Waals surface area (Å²) in [5, 5.41) is -0.168. The maximum atomic E-state index is 12.8. The Morgan fingerprint density at radius 2 is 1.93 bits per heavy atom. The molecule has 0 atom stereocenters. The topological polar surface area (TPSA) is 98.5 Å². The minimum atomic E-state index is -4.63. The molecule has 0 bridgehead atoms. The van der Waals surface area contributed by atoms with Crippen LogP contribution in [0.1, 0.15) is 11.1 Å². The molecule has 11 heteroatoms. The summed E-state index contributed by atoms with van der Waals surface area (Å²) in [7, 11) is -4.33. The Bertz CT molecular complexity index is 978. The van der Waals surface area contributed by atoms with Crippen molar-refractivity contribution in [1.29, 1.82) is 0 Å². The van der Waals surface area contributed by atoms with Gasteiger partial charge in [-0.2, -0.15) is 13.2 Å². The van der Waals surface area contributed by atoms with Crippen molar-refractivity contribution in [1.82, 2.24) is 0 Å². The number of benzene rings is 2. The summed E-state index contributed by atoms with van der Waals surface area (Å²) in [6.07, 6.45) is -4.63. The van der Waals surface area contributed by atoms with Gasteiger partial charge in [-0.3, -0.25) is 9.52 Å². The zero-order valence-electron chi connectivity index (χ0n) is 13.8. The fourth-order valence-electron chi connectivity index (χ4n) is 2.11. The molecule has 6 nitrogen and oxygen atoms in total. The first-order valence-electron chi connectivity index (χ1n) is 7.31. The van der Waals surface area contributed by atoms with Gasteiger partial charge in [0.25, 0.3) is 15.9 Å². The molecular weight excluding hydrogens is 409 g/mol. The number of amides is 1. The smallest absolute Gasteiger partial charge is 0.416 e. The molecule has 0 saturated heterocycles. The lowest BCUT2D eigenvalue weighted by Crippen LogP contribution is -2.20. The van der Waals surface area contributed by atoms with Crippen molar-refractivity contribution < 1.29 is 31.1 Å². The molecule has 0 aliphatic heterocycles. The number of carbonyl (C=O) groups is 1. The van der Waals surface area contributed by atoms with E-state index in [4.69, 9.17) is 22.1 Å². The van der Waals surface area contributed by atoms with Crippen LogP contribution >= 0.6 is 11.6 Å². The molecule has 3 N–H and O–H groups in total. The third kappa shape index (κ3) is 5.27. The van der Waals surface area contributed by atoms with Crippen molar-refractivity contribution in [2.24, 2.45) is 5.73 Å². The Hall–Kier alpha value is -2.46. The highest BCUT2D eigenvalue weighted by Crippen LogP contribution is 2.33. The summed E-state index contributed by atoms with van der Waals surface area (Å²) in [4.78, 5) is 10.4. The number of nitrogens with two attached hydrogens (primary N) is 1. The number of primary amides is 1. The lowest BCUT2D eigenvalue weighted by Gasteiger charge is -2.14. The minimum absolute atomic E-state index is 0.0441. The fraction of sp³-hybridized carbons (Fsp3) is 0.188. The third-order valence-electron chi connectivity index (χ3n) is 3.33. The Kier molecular flexibility index (Phi) is 5.91. The van der Waals surface area contributed by atoms with E-state index >= 15 is 0 Å². The molecule has 0 heterocycles. The van der Waals surface area contributed by atoms with Crippen LogP contribution in [0.15, 0.2) is 41.3 Å². The Balaban J connectivity index is 2.39. The predicted molar refractivity (Wildman–Crippen MR) is 93.1 cm³/mol. The van der Waals surface area contributed by atoms with Crippen molar-refractivity contribution in [3.05, 3.63) is 52.5 Å². The number of sulfonamides is 1. The number of rotatable bonds is 6. The second kappa shape index (κ2) is 7.65. The van der Waals surface area contributed by atoms with E-state index in [0.717, 1.165) is 18.2 Å². The van der Waals surface area contributed by atoms with E-state index in [9.17, 15) is 26.4 Å². The molecule has 0 aliphatic carbocycles. The van der Waals surface area contributed by atoms with Gasteiger partial charge in [0.1, 0.15) is 10.6 Å². The highest BCUT2D eigenvalue weighted by atomic mass is 35.5. The Morgan fingerprint density at radius 1 is 1.26 bits per heavy atom. The first kappa shape index (κ1) is 20.8. The van der Waals surface area contributed by atoms with Gasteiger partial charge in [0.2, 0.25) is 0 Å². The molecule has 0 fully saturated rings. The first-order valence-corrected chi connectivity index (χ1v) is 9.17. The predicted octanol–water partition coefficient (Wildman–Crippen LogP) is 3.33. The van der Waals surface area contributed by atoms with Gasteiger partial charge in [0.05, 0.1) is 10.6 Å². The van der Waals surface area contributed by atoms with Gasteiger partial charge in [-0.25, -0.2) is 8.42 Å². The van der Waals surface area contributed by atoms with Crippen LogP contribution in [-0.4, -0.2) is 20.9 Å². The van der Waals surface area contributed by atoms with Gasteiger partial charge in [0, 0.05) is 11.8 Å². The van der Waals surface area contributed by atoms with Crippen molar-refractivity contribution >= 4 is 33.2 Å². The number of alkyl halides is 3. The molecule has 0 spiro atoms. The summed E-state index contributed by atoms with van der Waals surface area (Å²) in [6.45, 7) is 1.09. The van der Waals surface area contributed by atoms with Gasteiger partial charge in [-0.1, -0.05) is 17.7 Å². The number of hydrogen-bond acceptors (Lipinski definition) is 4. The van der Waals surface area contributed by atoms with Crippen molar-refractivity contribution in [3.63, 3.8) is 0 Å². The summed E-state index contributed by atoms with van der Waals surface area (Å²) >= 11 is 5.97. The lowest BCUT2D eigenvalue weighted by molar-refractivity contribution is -0.137. The van der Waals surface area contributed by atoms with E-state index in [1.807, 2.05) is 4.72 Å². The van der Waals surface area contributed by atoms with E-state index in [1.54, 1.807) is 6.92 Å². The van der Waals surface area contributed by atoms with Crippen LogP contribution in [0.5, 0.6) is 5.75 Å². The normalized spacial score (nSPS) is 11.9. The number of ether oxygens (including phenoxy) is 1. The Labute approximate surface area is 158 Å². The van der Waals surface area contributed by atoms with Crippen LogP contribution in [0.4, 0.5) is 18.9 Å². The maximum absolute atomic E-state index is 12.8. The van der Waals surface area contributed by atoms with E-state index < -0.39 is 39.2 Å². The Morgan fingerprint density at radius 3 is 2.52 bits per heavy atom. The average Bonchev–Trinajstić information content (AvgIpc) is 2.52. The van der Waals surface area contributed by atoms with Crippen LogP contribution in [0, 0.1) is 6.92 Å². The zero-order chi connectivity index (χ0) is 20.4. The van der Waals surface area contributed by atoms with Gasteiger partial charge in [0.15, 0.2) is 6.61 Å². The summed E-state index contributed by atoms with van der Waals surface area (Å²) in [5.41, 5.74) is 4.13. The summed E-state index contributed by atoms with van der Waals surface area (Å²) in [6, 6.07) is 6.06. The van der Waals surface area contributed by atoms with Gasteiger partial charge < -0.3 is 10.5 Å². The number of nitrogens with one attached hydrogen (secondary N) is 1. The second-order valence-corrected chi connectivity index (χ2v) is 7.55. The molecule has 146 valence electrons. The largest absolute Gasteiger partial charge is 0.483 e. The molecule has 2 aromatic rings. The van der Waals surface area contributed by atoms with E-state index in [2.05, 4.69) is 0 Å². The standard InChI is InChI=1S/C16H14ClF3N2O4S/c1-9-5-12(17)14(7-13(9)26-8-15(21)23)27(24,25)22-11-4-2-3-10(6-11)16(18,19)20/h2-7,22H,8H2,1H3,(H2,21,23). The summed E-state index contributed by atoms with van der Waals surface area (Å²) in [5.74, 6) is -0.724. The van der Waals surface area contributed by atoms with Crippen molar-refractivity contribution in [2.45, 2.75) is 18.0 Å². The van der Waals surface area contributed by atoms with Gasteiger partial charge in [-0.05, 0) is 36.8 Å². The number of hydrogen-bond donors (Lipinski definition) is 2. The molecular formula is C16H14ClF3N2O4S. The van der Waals surface area contributed by atoms with Crippen LogP contribution in [0.2, 0.25) is 5.02 Å². The SMILES string of the molecule is Cc1cc(Cl)c(S(=O)(=O)Nc2cccc(C(F)(F)F)c2)cc1OCC(N)=O. The molecule has 0 aliphatic rings. The highest BCUT2D eigenvalue weighted by Gasteiger charge is 2.31. The molecule has 0 saturated carbocycles. The van der Waals surface area contributed by atoms with Crippen LogP contribution in [0.25, 0.3) is 0 Å². The third-order valence-corrected chi connectivity index (χ3v) is 5.18. The van der Waals surface area contributed by atoms with Gasteiger partial charge >= 0.3 is 6.18 Å². The van der Waals surface area contributed by atoms with E-state index in [1.165, 1.54) is 12.1 Å².